The molecule has 0 aliphatic heterocycles. The van der Waals surface area contributed by atoms with Gasteiger partial charge in [-0.2, -0.15) is 0 Å². The van der Waals surface area contributed by atoms with Crippen LogP contribution in [0.5, 0.6) is 5.75 Å². The lowest BCUT2D eigenvalue weighted by Gasteiger charge is -2.23. The van der Waals surface area contributed by atoms with Crippen LogP contribution in [0.3, 0.4) is 0 Å². The van der Waals surface area contributed by atoms with Gasteiger partial charge in [0.25, 0.3) is 0 Å². The van der Waals surface area contributed by atoms with Gasteiger partial charge in [-0.3, -0.25) is 9.10 Å². The van der Waals surface area contributed by atoms with E-state index in [1.54, 1.807) is 24.3 Å². The standard InChI is InChI=1S/C19H22Cl2N2O4S/c1-3-27-18-8-5-4-7-16(18)22-19(24)9-6-12-23(28(2,25)26)17-13-14(20)10-11-15(17)21/h4-5,7-8,10-11,13H,3,6,9,12H2,1-2H3,(H,22,24). The molecule has 0 bridgehead atoms. The maximum absolute atomic E-state index is 12.3. The average Bonchev–Trinajstić information content (AvgIpc) is 2.62. The number of rotatable bonds is 9. The minimum absolute atomic E-state index is 0.0966. The van der Waals surface area contributed by atoms with Crippen molar-refractivity contribution in [2.24, 2.45) is 0 Å². The largest absolute Gasteiger partial charge is 0.492 e. The van der Waals surface area contributed by atoms with Gasteiger partial charge in [-0.05, 0) is 43.7 Å². The molecular weight excluding hydrogens is 423 g/mol. The number of amides is 1. The van der Waals surface area contributed by atoms with Crippen LogP contribution in [0.4, 0.5) is 11.4 Å². The van der Waals surface area contributed by atoms with Gasteiger partial charge in [0.1, 0.15) is 5.75 Å². The lowest BCUT2D eigenvalue weighted by atomic mass is 10.2. The van der Waals surface area contributed by atoms with Crippen LogP contribution in [-0.2, 0) is 14.8 Å². The van der Waals surface area contributed by atoms with E-state index in [4.69, 9.17) is 27.9 Å². The molecule has 1 amide bonds. The number of hydrogen-bond acceptors (Lipinski definition) is 4. The van der Waals surface area contributed by atoms with Gasteiger partial charge >= 0.3 is 0 Å². The van der Waals surface area contributed by atoms with Crippen LogP contribution >= 0.6 is 23.2 Å². The van der Waals surface area contributed by atoms with Crippen molar-refractivity contribution in [2.75, 3.05) is 29.0 Å². The second-order valence-corrected chi connectivity index (χ2v) is 8.76. The first-order valence-electron chi connectivity index (χ1n) is 8.66. The molecule has 6 nitrogen and oxygen atoms in total. The maximum atomic E-state index is 12.3. The third-order valence-electron chi connectivity index (χ3n) is 3.80. The molecule has 0 heterocycles. The Kier molecular flexibility index (Phi) is 7.98. The summed E-state index contributed by atoms with van der Waals surface area (Å²) in [4.78, 5) is 12.3. The Hall–Kier alpha value is -1.96. The summed E-state index contributed by atoms with van der Waals surface area (Å²) in [6.07, 6.45) is 1.52. The normalized spacial score (nSPS) is 11.1. The van der Waals surface area contributed by atoms with Gasteiger partial charge in [-0.15, -0.1) is 0 Å². The summed E-state index contributed by atoms with van der Waals surface area (Å²) >= 11 is 12.1. The van der Waals surface area contributed by atoms with Crippen molar-refractivity contribution < 1.29 is 17.9 Å². The predicted molar refractivity (Wildman–Crippen MR) is 114 cm³/mol. The van der Waals surface area contributed by atoms with Crippen LogP contribution in [0.1, 0.15) is 19.8 Å². The SMILES string of the molecule is CCOc1ccccc1NC(=O)CCCN(c1cc(Cl)ccc1Cl)S(C)(=O)=O. The van der Waals surface area contributed by atoms with Crippen molar-refractivity contribution in [2.45, 2.75) is 19.8 Å². The van der Waals surface area contributed by atoms with Gasteiger partial charge in [-0.25, -0.2) is 8.42 Å². The molecule has 0 spiro atoms. The van der Waals surface area contributed by atoms with E-state index in [0.29, 0.717) is 35.2 Å². The Bertz CT molecular complexity index is 935. The zero-order valence-electron chi connectivity index (χ0n) is 15.6. The van der Waals surface area contributed by atoms with Gasteiger partial charge < -0.3 is 10.1 Å². The van der Waals surface area contributed by atoms with E-state index in [-0.39, 0.29) is 23.9 Å². The van der Waals surface area contributed by atoms with E-state index in [9.17, 15) is 13.2 Å². The molecule has 2 rings (SSSR count). The Morgan fingerprint density at radius 2 is 1.89 bits per heavy atom. The third kappa shape index (κ3) is 6.29. The Morgan fingerprint density at radius 1 is 1.18 bits per heavy atom. The molecule has 0 saturated carbocycles. The molecule has 0 saturated heterocycles. The number of ether oxygens (including phenoxy) is 1. The van der Waals surface area contributed by atoms with E-state index >= 15 is 0 Å². The number of sulfonamides is 1. The first kappa shape index (κ1) is 22.3. The molecule has 0 fully saturated rings. The number of para-hydroxylation sites is 2. The highest BCUT2D eigenvalue weighted by Crippen LogP contribution is 2.31. The van der Waals surface area contributed by atoms with E-state index in [1.165, 1.54) is 12.1 Å². The molecule has 1 N–H and O–H groups in total. The molecule has 152 valence electrons. The Labute approximate surface area is 175 Å². The number of hydrogen-bond donors (Lipinski definition) is 1. The highest BCUT2D eigenvalue weighted by Gasteiger charge is 2.20. The number of anilines is 2. The number of nitrogens with zero attached hydrogens (tertiary/aromatic N) is 1. The monoisotopic (exact) mass is 444 g/mol. The van der Waals surface area contributed by atoms with Gasteiger partial charge in [0, 0.05) is 18.0 Å². The van der Waals surface area contributed by atoms with Crippen molar-refractivity contribution in [1.29, 1.82) is 0 Å². The van der Waals surface area contributed by atoms with E-state index in [0.717, 1.165) is 10.6 Å². The van der Waals surface area contributed by atoms with Crippen LogP contribution in [0, 0.1) is 0 Å². The summed E-state index contributed by atoms with van der Waals surface area (Å²) in [7, 11) is -3.59. The number of benzene rings is 2. The molecule has 0 radical (unpaired) electrons. The fourth-order valence-corrected chi connectivity index (χ4v) is 3.99. The second-order valence-electron chi connectivity index (χ2n) is 6.01. The van der Waals surface area contributed by atoms with Crippen molar-refractivity contribution in [3.05, 3.63) is 52.5 Å². The van der Waals surface area contributed by atoms with Gasteiger partial charge in [0.15, 0.2) is 0 Å². The van der Waals surface area contributed by atoms with Gasteiger partial charge in [-0.1, -0.05) is 35.3 Å². The number of carbonyl (C=O) groups is 1. The number of carbonyl (C=O) groups excluding carboxylic acids is 1. The Balaban J connectivity index is 2.03. The van der Waals surface area contributed by atoms with Crippen LogP contribution in [0.15, 0.2) is 42.5 Å². The van der Waals surface area contributed by atoms with Crippen LogP contribution < -0.4 is 14.4 Å². The zero-order valence-corrected chi connectivity index (χ0v) is 17.9. The molecule has 0 aliphatic carbocycles. The van der Waals surface area contributed by atoms with Gasteiger partial charge in [0.05, 0.1) is 29.3 Å². The molecule has 2 aromatic carbocycles. The summed E-state index contributed by atoms with van der Waals surface area (Å²) in [6, 6.07) is 11.7. The fraction of sp³-hybridized carbons (Fsp3) is 0.316. The average molecular weight is 445 g/mol. The molecule has 0 aliphatic rings. The first-order valence-corrected chi connectivity index (χ1v) is 11.3. The minimum Gasteiger partial charge on any atom is -0.492 e. The summed E-state index contributed by atoms with van der Waals surface area (Å²) in [5.41, 5.74) is 0.867. The van der Waals surface area contributed by atoms with Crippen LogP contribution in [0.25, 0.3) is 0 Å². The molecule has 28 heavy (non-hydrogen) atoms. The highest BCUT2D eigenvalue weighted by molar-refractivity contribution is 7.92. The molecule has 2 aromatic rings. The van der Waals surface area contributed by atoms with Crippen molar-refractivity contribution in [3.63, 3.8) is 0 Å². The van der Waals surface area contributed by atoms with Crippen molar-refractivity contribution in [3.8, 4) is 5.75 Å². The lowest BCUT2D eigenvalue weighted by Crippen LogP contribution is -2.31. The smallest absolute Gasteiger partial charge is 0.232 e. The summed E-state index contributed by atoms with van der Waals surface area (Å²) in [5, 5.41) is 3.43. The number of nitrogens with one attached hydrogen (secondary N) is 1. The van der Waals surface area contributed by atoms with Crippen LogP contribution in [0.2, 0.25) is 10.0 Å². The third-order valence-corrected chi connectivity index (χ3v) is 5.54. The van der Waals surface area contributed by atoms with Crippen molar-refractivity contribution >= 4 is 50.5 Å². The summed E-state index contributed by atoms with van der Waals surface area (Å²) in [5.74, 6) is 0.347. The first-order chi connectivity index (χ1) is 13.2. The fourth-order valence-electron chi connectivity index (χ4n) is 2.59. The molecular formula is C19H22Cl2N2O4S. The second kappa shape index (κ2) is 10.0. The molecule has 0 atom stereocenters. The molecule has 0 unspecified atom stereocenters. The van der Waals surface area contributed by atoms with E-state index < -0.39 is 10.0 Å². The highest BCUT2D eigenvalue weighted by atomic mass is 35.5. The van der Waals surface area contributed by atoms with E-state index in [2.05, 4.69) is 5.32 Å². The summed E-state index contributed by atoms with van der Waals surface area (Å²) in [6.45, 7) is 2.44. The quantitative estimate of drug-likeness (QED) is 0.613. The predicted octanol–water partition coefficient (Wildman–Crippen LogP) is 4.58. The topological polar surface area (TPSA) is 75.7 Å². The Morgan fingerprint density at radius 3 is 2.57 bits per heavy atom. The summed E-state index contributed by atoms with van der Waals surface area (Å²) < 4.78 is 31.0. The molecule has 0 aromatic heterocycles. The lowest BCUT2D eigenvalue weighted by molar-refractivity contribution is -0.116. The van der Waals surface area contributed by atoms with E-state index in [1.807, 2.05) is 13.0 Å². The minimum atomic E-state index is -3.59. The number of halogens is 2. The van der Waals surface area contributed by atoms with Crippen molar-refractivity contribution in [1.82, 2.24) is 0 Å². The van der Waals surface area contributed by atoms with Gasteiger partial charge in [0.2, 0.25) is 15.9 Å². The van der Waals surface area contributed by atoms with Crippen LogP contribution in [-0.4, -0.2) is 33.7 Å². The maximum Gasteiger partial charge on any atom is 0.232 e. The molecule has 9 heteroatoms. The zero-order chi connectivity index (χ0) is 20.7.